The van der Waals surface area contributed by atoms with Crippen LogP contribution in [0.1, 0.15) is 54.9 Å². The third-order valence-corrected chi connectivity index (χ3v) is 11.9. The number of fused-ring (bicyclic) bond motifs is 2. The fourth-order valence-corrected chi connectivity index (χ4v) is 6.09. The molecule has 2 aromatic rings. The first kappa shape index (κ1) is 24.6. The van der Waals surface area contributed by atoms with Gasteiger partial charge in [0.05, 0.1) is 6.04 Å². The summed E-state index contributed by atoms with van der Waals surface area (Å²) in [4.78, 5) is 29.9. The first-order chi connectivity index (χ1) is 15.9. The lowest BCUT2D eigenvalue weighted by Gasteiger charge is -2.51. The largest absolute Gasteiger partial charge is 0.470 e. The molecule has 182 valence electrons. The number of ketones is 2. The molecule has 0 saturated heterocycles. The van der Waals surface area contributed by atoms with Gasteiger partial charge in [-0.05, 0) is 55.4 Å². The van der Waals surface area contributed by atoms with Crippen molar-refractivity contribution in [1.29, 1.82) is 0 Å². The summed E-state index contributed by atoms with van der Waals surface area (Å²) >= 11 is 0. The van der Waals surface area contributed by atoms with Crippen LogP contribution in [0.15, 0.2) is 47.0 Å². The van der Waals surface area contributed by atoms with Gasteiger partial charge in [0.2, 0.25) is 5.78 Å². The molecule has 0 amide bonds. The van der Waals surface area contributed by atoms with Crippen molar-refractivity contribution in [1.82, 2.24) is 10.1 Å². The van der Waals surface area contributed by atoms with Crippen LogP contribution in [0, 0.1) is 5.92 Å². The van der Waals surface area contributed by atoms with Crippen molar-refractivity contribution in [2.24, 2.45) is 5.92 Å². The SMILES string of the molecule is CN(C)C1c2onc(OCc3ccccc3)c2C(=O)[C@@]2(O[Si](C)(C)C(C)(C)C)C(=O)C=CCC12. The van der Waals surface area contributed by atoms with Gasteiger partial charge in [0.1, 0.15) is 12.2 Å². The molecule has 0 aliphatic heterocycles. The van der Waals surface area contributed by atoms with Crippen LogP contribution in [0.3, 0.4) is 0 Å². The van der Waals surface area contributed by atoms with Crippen LogP contribution < -0.4 is 4.74 Å². The second-order valence-electron chi connectivity index (χ2n) is 10.9. The van der Waals surface area contributed by atoms with E-state index < -0.39 is 25.6 Å². The molecule has 8 heteroatoms. The van der Waals surface area contributed by atoms with Gasteiger partial charge in [-0.25, -0.2) is 0 Å². The van der Waals surface area contributed by atoms with E-state index in [2.05, 4.69) is 39.0 Å². The van der Waals surface area contributed by atoms with Gasteiger partial charge >= 0.3 is 0 Å². The number of Topliss-reactive ketones (excluding diaryl/α,β-unsaturated/α-hetero) is 1. The van der Waals surface area contributed by atoms with E-state index >= 15 is 0 Å². The lowest BCUT2D eigenvalue weighted by atomic mass is 9.65. The topological polar surface area (TPSA) is 81.9 Å². The van der Waals surface area contributed by atoms with E-state index in [1.807, 2.05) is 55.4 Å². The van der Waals surface area contributed by atoms with Gasteiger partial charge in [0.15, 0.2) is 25.5 Å². The van der Waals surface area contributed by atoms with E-state index in [1.165, 1.54) is 6.08 Å². The maximum absolute atomic E-state index is 14.3. The Balaban J connectivity index is 1.84. The molecule has 0 saturated carbocycles. The van der Waals surface area contributed by atoms with E-state index in [9.17, 15) is 9.59 Å². The summed E-state index contributed by atoms with van der Waals surface area (Å²) in [6, 6.07) is 9.27. The molecule has 4 rings (SSSR count). The Bertz CT molecular complexity index is 1120. The Morgan fingerprint density at radius 3 is 2.47 bits per heavy atom. The summed E-state index contributed by atoms with van der Waals surface area (Å²) in [5.41, 5.74) is -0.475. The van der Waals surface area contributed by atoms with Crippen molar-refractivity contribution >= 4 is 19.9 Å². The van der Waals surface area contributed by atoms with E-state index in [1.54, 1.807) is 0 Å². The predicted octanol–water partition coefficient (Wildman–Crippen LogP) is 4.96. The van der Waals surface area contributed by atoms with Crippen molar-refractivity contribution in [2.75, 3.05) is 14.1 Å². The molecule has 34 heavy (non-hydrogen) atoms. The monoisotopic (exact) mass is 482 g/mol. The van der Waals surface area contributed by atoms with Crippen LogP contribution in [0.4, 0.5) is 0 Å². The fraction of sp³-hybridized carbons (Fsp3) is 0.500. The number of benzene rings is 1. The third kappa shape index (κ3) is 3.87. The minimum absolute atomic E-state index is 0.106. The number of ether oxygens (including phenoxy) is 1. The zero-order valence-corrected chi connectivity index (χ0v) is 22.0. The standard InChI is InChI=1S/C26H34N2O5Si/c1-25(2,3)34(6,7)33-26-18(14-11-15-19(26)29)21(28(4)5)22-20(23(26)30)24(27-32-22)31-16-17-12-9-8-10-13-17/h8-13,15,18,21H,14,16H2,1-7H3/t18?,21?,26-/m0/s1. The highest BCUT2D eigenvalue weighted by atomic mass is 28.4. The molecule has 2 aliphatic carbocycles. The molecule has 2 aliphatic rings. The van der Waals surface area contributed by atoms with Crippen LogP contribution in [0.5, 0.6) is 5.88 Å². The summed E-state index contributed by atoms with van der Waals surface area (Å²) < 4.78 is 18.5. The average Bonchev–Trinajstić information content (AvgIpc) is 3.17. The van der Waals surface area contributed by atoms with Crippen molar-refractivity contribution in [3.05, 3.63) is 59.4 Å². The van der Waals surface area contributed by atoms with Gasteiger partial charge in [0.25, 0.3) is 5.88 Å². The van der Waals surface area contributed by atoms with E-state index in [4.69, 9.17) is 13.7 Å². The van der Waals surface area contributed by atoms with E-state index in [-0.39, 0.29) is 34.9 Å². The molecule has 0 bridgehead atoms. The van der Waals surface area contributed by atoms with Gasteiger partial charge in [-0.3, -0.25) is 14.5 Å². The van der Waals surface area contributed by atoms with Crippen LogP contribution in [0.2, 0.25) is 18.1 Å². The number of aromatic nitrogens is 1. The van der Waals surface area contributed by atoms with Crippen LogP contribution >= 0.6 is 0 Å². The molecule has 0 spiro atoms. The maximum Gasteiger partial charge on any atom is 0.265 e. The highest BCUT2D eigenvalue weighted by Gasteiger charge is 2.65. The summed E-state index contributed by atoms with van der Waals surface area (Å²) in [5, 5.41) is 3.94. The highest BCUT2D eigenvalue weighted by molar-refractivity contribution is 6.74. The predicted molar refractivity (Wildman–Crippen MR) is 131 cm³/mol. The third-order valence-electron chi connectivity index (χ3n) is 7.45. The van der Waals surface area contributed by atoms with Gasteiger partial charge in [0, 0.05) is 5.92 Å². The number of hydrogen-bond acceptors (Lipinski definition) is 7. The normalized spacial score (nSPS) is 24.8. The molecule has 0 N–H and O–H groups in total. The molecule has 1 heterocycles. The van der Waals surface area contributed by atoms with Crippen molar-refractivity contribution in [3.63, 3.8) is 0 Å². The Morgan fingerprint density at radius 1 is 1.18 bits per heavy atom. The Labute approximate surface area is 202 Å². The fourth-order valence-electron chi connectivity index (χ4n) is 4.64. The first-order valence-corrected chi connectivity index (χ1v) is 14.6. The number of carbonyl (C=O) groups excluding carboxylic acids is 2. The Morgan fingerprint density at radius 2 is 1.85 bits per heavy atom. The van der Waals surface area contributed by atoms with Gasteiger partial charge < -0.3 is 13.7 Å². The van der Waals surface area contributed by atoms with Gasteiger partial charge in [-0.15, -0.1) is 0 Å². The second kappa shape index (κ2) is 8.59. The summed E-state index contributed by atoms with van der Waals surface area (Å²) in [6.45, 7) is 10.7. The molecule has 1 aromatic heterocycles. The maximum atomic E-state index is 14.3. The zero-order chi connectivity index (χ0) is 24.9. The van der Waals surface area contributed by atoms with Crippen molar-refractivity contribution < 1.29 is 23.3 Å². The van der Waals surface area contributed by atoms with Gasteiger partial charge in [-0.1, -0.05) is 57.2 Å². The molecule has 0 fully saturated rings. The minimum atomic E-state index is -2.53. The second-order valence-corrected chi connectivity index (χ2v) is 15.7. The summed E-state index contributed by atoms with van der Waals surface area (Å²) in [6.07, 6.45) is 3.85. The number of hydrogen-bond donors (Lipinski definition) is 0. The molecule has 2 unspecified atom stereocenters. The molecule has 3 atom stereocenters. The Hall–Kier alpha value is -2.55. The molecule has 1 aromatic carbocycles. The Kier molecular flexibility index (Phi) is 6.21. The van der Waals surface area contributed by atoms with Crippen molar-refractivity contribution in [2.45, 2.75) is 63.6 Å². The lowest BCUT2D eigenvalue weighted by Crippen LogP contribution is -2.65. The van der Waals surface area contributed by atoms with E-state index in [0.29, 0.717) is 12.2 Å². The van der Waals surface area contributed by atoms with Crippen molar-refractivity contribution in [3.8, 4) is 5.88 Å². The summed E-state index contributed by atoms with van der Waals surface area (Å²) in [7, 11) is 1.29. The molecular formula is C26H34N2O5Si. The average molecular weight is 483 g/mol. The highest BCUT2D eigenvalue weighted by Crippen LogP contribution is 2.53. The molecule has 0 radical (unpaired) electrons. The smallest absolute Gasteiger partial charge is 0.265 e. The van der Waals surface area contributed by atoms with Crippen LogP contribution in [-0.4, -0.2) is 49.6 Å². The number of rotatable bonds is 6. The molecule has 7 nitrogen and oxygen atoms in total. The van der Waals surface area contributed by atoms with Gasteiger partial charge in [-0.2, -0.15) is 0 Å². The number of allylic oxidation sites excluding steroid dienone is 1. The number of nitrogens with zero attached hydrogens (tertiary/aromatic N) is 2. The molecular weight excluding hydrogens is 448 g/mol. The minimum Gasteiger partial charge on any atom is -0.470 e. The lowest BCUT2D eigenvalue weighted by molar-refractivity contribution is -0.135. The summed E-state index contributed by atoms with van der Waals surface area (Å²) in [5.74, 6) is -0.611. The number of carbonyl (C=O) groups is 2. The quantitative estimate of drug-likeness (QED) is 0.425. The first-order valence-electron chi connectivity index (χ1n) is 11.7. The van der Waals surface area contributed by atoms with E-state index in [0.717, 1.165) is 5.56 Å². The van der Waals surface area contributed by atoms with Crippen LogP contribution in [-0.2, 0) is 15.8 Å². The zero-order valence-electron chi connectivity index (χ0n) is 21.0. The van der Waals surface area contributed by atoms with Crippen LogP contribution in [0.25, 0.3) is 0 Å².